The van der Waals surface area contributed by atoms with Crippen LogP contribution in [0.4, 0.5) is 5.69 Å². The number of thioether (sulfide) groups is 1. The fourth-order valence-corrected chi connectivity index (χ4v) is 6.56. The summed E-state index contributed by atoms with van der Waals surface area (Å²) < 4.78 is 22.1. The lowest BCUT2D eigenvalue weighted by Crippen LogP contribution is -2.39. The molecule has 2 aromatic carbocycles. The molecular formula is C26H28N4O4S3. The Labute approximate surface area is 226 Å². The molecule has 0 fully saturated rings. The van der Waals surface area contributed by atoms with Gasteiger partial charge in [0.2, 0.25) is 0 Å². The lowest BCUT2D eigenvalue weighted by atomic mass is 10.0. The molecule has 0 saturated heterocycles. The van der Waals surface area contributed by atoms with Gasteiger partial charge in [-0.3, -0.25) is 9.80 Å². The van der Waals surface area contributed by atoms with E-state index in [1.165, 1.54) is 11.3 Å². The van der Waals surface area contributed by atoms with E-state index in [0.29, 0.717) is 22.8 Å². The summed E-state index contributed by atoms with van der Waals surface area (Å²) in [5.41, 5.74) is 4.84. The van der Waals surface area contributed by atoms with Gasteiger partial charge in [-0.25, -0.2) is 13.4 Å². The monoisotopic (exact) mass is 556 g/mol. The van der Waals surface area contributed by atoms with Gasteiger partial charge in [0.15, 0.2) is 6.29 Å². The minimum Gasteiger partial charge on any atom is -0.321 e. The van der Waals surface area contributed by atoms with Gasteiger partial charge in [0.05, 0.1) is 34.0 Å². The number of aryl methyl sites for hydroxylation is 2. The number of hydrogen-bond acceptors (Lipinski definition) is 9. The van der Waals surface area contributed by atoms with Crippen molar-refractivity contribution >= 4 is 57.4 Å². The van der Waals surface area contributed by atoms with Gasteiger partial charge >= 0.3 is 0 Å². The Bertz CT molecular complexity index is 1370. The van der Waals surface area contributed by atoms with Gasteiger partial charge in [-0.1, -0.05) is 43.3 Å². The van der Waals surface area contributed by atoms with Crippen LogP contribution in [0.1, 0.15) is 50.4 Å². The molecular weight excluding hydrogens is 529 g/mol. The van der Waals surface area contributed by atoms with Gasteiger partial charge < -0.3 is 10.1 Å². The van der Waals surface area contributed by atoms with Crippen LogP contribution in [0.2, 0.25) is 0 Å². The Kier molecular flexibility index (Phi) is 8.78. The molecule has 2 unspecified atom stereocenters. The van der Waals surface area contributed by atoms with Crippen LogP contribution in [-0.2, 0) is 27.8 Å². The summed E-state index contributed by atoms with van der Waals surface area (Å²) in [6, 6.07) is 14.9. The van der Waals surface area contributed by atoms with Gasteiger partial charge in [-0.15, -0.1) is 23.1 Å². The number of thiol groups is 1. The van der Waals surface area contributed by atoms with Gasteiger partial charge in [0, 0.05) is 5.69 Å². The van der Waals surface area contributed by atoms with Crippen molar-refractivity contribution in [3.05, 3.63) is 80.8 Å². The van der Waals surface area contributed by atoms with E-state index < -0.39 is 16.1 Å². The Morgan fingerprint density at radius 2 is 1.76 bits per heavy atom. The summed E-state index contributed by atoms with van der Waals surface area (Å²) in [5, 5.41) is 10.0. The van der Waals surface area contributed by atoms with Crippen molar-refractivity contribution in [2.45, 2.75) is 50.1 Å². The fourth-order valence-electron chi connectivity index (χ4n) is 4.06. The molecule has 1 N–H and O–H groups in total. The second-order valence-corrected chi connectivity index (χ2v) is 12.1. The minimum absolute atomic E-state index is 0.00724. The molecule has 0 radical (unpaired) electrons. The highest BCUT2D eigenvalue weighted by Crippen LogP contribution is 2.32. The minimum atomic E-state index is -2.48. The predicted molar refractivity (Wildman–Crippen MR) is 150 cm³/mol. The number of amides is 1. The average Bonchev–Trinajstić information content (AvgIpc) is 3.23. The summed E-state index contributed by atoms with van der Waals surface area (Å²) in [4.78, 5) is 29.4. The Morgan fingerprint density at radius 1 is 1.08 bits per heavy atom. The number of aromatic nitrogens is 1. The second-order valence-electron chi connectivity index (χ2n) is 8.63. The van der Waals surface area contributed by atoms with Crippen LogP contribution in [0, 0.1) is 13.8 Å². The lowest BCUT2D eigenvalue weighted by molar-refractivity contribution is -0.110. The number of aldehydes is 1. The van der Waals surface area contributed by atoms with E-state index in [1.54, 1.807) is 28.9 Å². The Morgan fingerprint density at radius 3 is 2.32 bits per heavy atom. The molecule has 2 atom stereocenters. The first kappa shape index (κ1) is 27.0. The zero-order valence-electron chi connectivity index (χ0n) is 20.7. The third-order valence-corrected chi connectivity index (χ3v) is 9.07. The van der Waals surface area contributed by atoms with Crippen molar-refractivity contribution in [2.24, 2.45) is 5.10 Å². The molecule has 1 aromatic heterocycles. The van der Waals surface area contributed by atoms with Gasteiger partial charge in [-0.05, 0) is 49.1 Å². The third-order valence-electron chi connectivity index (χ3n) is 5.85. The van der Waals surface area contributed by atoms with E-state index in [9.17, 15) is 18.0 Å². The SMILES string of the molecule is CCC1SC(C=O)N(Cc2ccc(NC(=O)c3sc(C)nc3C)cc2)N=C1c1ccc(C[SH](=O)=O)cc1. The number of benzene rings is 2. The van der Waals surface area contributed by atoms with E-state index >= 15 is 0 Å². The number of carbonyl (C=O) groups is 2. The zero-order chi connectivity index (χ0) is 26.5. The molecule has 2 heterocycles. The molecule has 4 rings (SSSR count). The van der Waals surface area contributed by atoms with Crippen LogP contribution in [0.15, 0.2) is 53.6 Å². The topological polar surface area (TPSA) is 109 Å². The maximum absolute atomic E-state index is 12.6. The summed E-state index contributed by atoms with van der Waals surface area (Å²) in [6.07, 6.45) is 1.72. The number of nitrogens with zero attached hydrogens (tertiary/aromatic N) is 3. The number of hydrazone groups is 1. The van der Waals surface area contributed by atoms with E-state index in [-0.39, 0.29) is 16.9 Å². The summed E-state index contributed by atoms with van der Waals surface area (Å²) in [5.74, 6) is -0.176. The first-order valence-corrected chi connectivity index (χ1v) is 14.9. The average molecular weight is 557 g/mol. The standard InChI is InChI=1S/C26H28N4O4S3/c1-4-22-24(20-9-5-19(6-10-20)15-37(33)34)29-30(23(14-31)36-22)13-18-7-11-21(12-8-18)28-26(32)25-16(2)27-17(3)35-25/h5-12,14,22-23,37H,4,13,15H2,1-3H3,(H,28,32). The normalized spacial score (nSPS) is 17.5. The largest absolute Gasteiger partial charge is 0.321 e. The second kappa shape index (κ2) is 12.0. The summed E-state index contributed by atoms with van der Waals surface area (Å²) >= 11 is 2.93. The maximum Gasteiger partial charge on any atom is 0.267 e. The van der Waals surface area contributed by atoms with Crippen molar-refractivity contribution in [1.29, 1.82) is 0 Å². The molecule has 3 aromatic rings. The van der Waals surface area contributed by atoms with Crippen LogP contribution in [0.25, 0.3) is 0 Å². The van der Waals surface area contributed by atoms with Crippen LogP contribution < -0.4 is 5.32 Å². The molecule has 11 heteroatoms. The molecule has 0 spiro atoms. The Balaban J connectivity index is 1.51. The highest BCUT2D eigenvalue weighted by molar-refractivity contribution is 8.01. The number of nitrogens with one attached hydrogen (secondary N) is 1. The highest BCUT2D eigenvalue weighted by Gasteiger charge is 2.31. The molecule has 1 amide bonds. The molecule has 1 aliphatic heterocycles. The van der Waals surface area contributed by atoms with Crippen molar-refractivity contribution in [2.75, 3.05) is 5.32 Å². The van der Waals surface area contributed by atoms with Gasteiger partial charge in [0.25, 0.3) is 5.91 Å². The smallest absolute Gasteiger partial charge is 0.267 e. The van der Waals surface area contributed by atoms with Crippen molar-refractivity contribution < 1.29 is 18.0 Å². The van der Waals surface area contributed by atoms with Gasteiger partial charge in [-0.2, -0.15) is 5.10 Å². The molecule has 0 bridgehead atoms. The molecule has 1 aliphatic rings. The fraction of sp³-hybridized carbons (Fsp3) is 0.308. The van der Waals surface area contributed by atoms with Crippen molar-refractivity contribution in [3.8, 4) is 0 Å². The summed E-state index contributed by atoms with van der Waals surface area (Å²) in [6.45, 7) is 6.18. The van der Waals surface area contributed by atoms with Crippen molar-refractivity contribution in [1.82, 2.24) is 9.99 Å². The van der Waals surface area contributed by atoms with E-state index in [4.69, 9.17) is 5.10 Å². The number of rotatable bonds is 9. The molecule has 37 heavy (non-hydrogen) atoms. The first-order valence-electron chi connectivity index (χ1n) is 11.8. The maximum atomic E-state index is 12.6. The zero-order valence-corrected chi connectivity index (χ0v) is 23.2. The quantitative estimate of drug-likeness (QED) is 0.297. The van der Waals surface area contributed by atoms with Crippen molar-refractivity contribution in [3.63, 3.8) is 0 Å². The Hall–Kier alpha value is -3.02. The number of hydrogen-bond donors (Lipinski definition) is 2. The number of anilines is 1. The molecule has 0 aliphatic carbocycles. The molecule has 0 saturated carbocycles. The number of thiazole rings is 1. The van der Waals surface area contributed by atoms with Crippen LogP contribution >= 0.6 is 23.1 Å². The number of carbonyl (C=O) groups excluding carboxylic acids is 2. The van der Waals surface area contributed by atoms with Crippen LogP contribution in [-0.4, -0.2) is 46.9 Å². The predicted octanol–water partition coefficient (Wildman–Crippen LogP) is 4.38. The third kappa shape index (κ3) is 6.65. The van der Waals surface area contributed by atoms with Crippen LogP contribution in [0.5, 0.6) is 0 Å². The summed E-state index contributed by atoms with van der Waals surface area (Å²) in [7, 11) is -2.48. The van der Waals surface area contributed by atoms with Gasteiger partial charge in [0.1, 0.15) is 21.0 Å². The van der Waals surface area contributed by atoms with Crippen LogP contribution in [0.3, 0.4) is 0 Å². The van der Waals surface area contributed by atoms with E-state index in [2.05, 4.69) is 17.2 Å². The molecule has 194 valence electrons. The molecule has 8 nitrogen and oxygen atoms in total. The first-order chi connectivity index (χ1) is 17.8. The van der Waals surface area contributed by atoms with E-state index in [1.807, 2.05) is 50.2 Å². The highest BCUT2D eigenvalue weighted by atomic mass is 32.2. The van der Waals surface area contributed by atoms with E-state index in [0.717, 1.165) is 40.1 Å². The lowest BCUT2D eigenvalue weighted by Gasteiger charge is -2.34.